The van der Waals surface area contributed by atoms with Gasteiger partial charge in [-0.05, 0) is 63.4 Å². The van der Waals surface area contributed by atoms with Crippen LogP contribution in [0.15, 0.2) is 47.0 Å². The van der Waals surface area contributed by atoms with Gasteiger partial charge in [0.15, 0.2) is 11.5 Å². The number of carbonyl (C=O) groups excluding carboxylic acids is 2. The number of rotatable bonds is 6. The van der Waals surface area contributed by atoms with Gasteiger partial charge >= 0.3 is 0 Å². The first-order valence-corrected chi connectivity index (χ1v) is 12.4. The number of hydrogen-bond donors (Lipinski definition) is 0. The Morgan fingerprint density at radius 3 is 2.78 bits per heavy atom. The zero-order valence-electron chi connectivity index (χ0n) is 20.1. The maximum atomic E-state index is 13.5. The van der Waals surface area contributed by atoms with Crippen molar-refractivity contribution < 1.29 is 23.6 Å². The van der Waals surface area contributed by atoms with E-state index in [0.717, 1.165) is 18.4 Å². The first-order chi connectivity index (χ1) is 17.4. The number of ether oxygens (including phenoxy) is 2. The van der Waals surface area contributed by atoms with Crippen LogP contribution in [0.4, 0.5) is 0 Å². The van der Waals surface area contributed by atoms with E-state index < -0.39 is 0 Å². The number of piperidine rings is 1. The van der Waals surface area contributed by atoms with Gasteiger partial charge in [-0.3, -0.25) is 9.59 Å². The van der Waals surface area contributed by atoms with E-state index in [2.05, 4.69) is 10.1 Å². The highest BCUT2D eigenvalue weighted by Crippen LogP contribution is 2.34. The summed E-state index contributed by atoms with van der Waals surface area (Å²) in [6, 6.07) is 11.7. The Morgan fingerprint density at radius 1 is 1.14 bits per heavy atom. The molecule has 2 amide bonds. The largest absolute Gasteiger partial charge is 0.454 e. The number of fused-ring (bicyclic) bond motifs is 1. The highest BCUT2D eigenvalue weighted by atomic mass is 35.5. The molecule has 2 aromatic carbocycles. The van der Waals surface area contributed by atoms with E-state index in [0.29, 0.717) is 46.8 Å². The van der Waals surface area contributed by atoms with Crippen molar-refractivity contribution in [1.29, 1.82) is 0 Å². The van der Waals surface area contributed by atoms with Crippen LogP contribution in [-0.2, 0) is 4.79 Å². The van der Waals surface area contributed by atoms with Crippen molar-refractivity contribution in [2.45, 2.75) is 45.2 Å². The summed E-state index contributed by atoms with van der Waals surface area (Å²) in [5.74, 6) is 1.53. The average molecular weight is 511 g/mol. The first-order valence-electron chi connectivity index (χ1n) is 12.0. The molecule has 1 atom stereocenters. The minimum Gasteiger partial charge on any atom is -0.454 e. The van der Waals surface area contributed by atoms with Crippen LogP contribution < -0.4 is 9.47 Å². The number of hydrogen-bond acceptors (Lipinski definition) is 7. The highest BCUT2D eigenvalue weighted by molar-refractivity contribution is 6.30. The van der Waals surface area contributed by atoms with E-state index in [-0.39, 0.29) is 37.2 Å². The molecule has 1 fully saturated rings. The number of halogens is 1. The second-order valence-electron chi connectivity index (χ2n) is 9.16. The quantitative estimate of drug-likeness (QED) is 0.473. The van der Waals surface area contributed by atoms with E-state index in [1.807, 2.05) is 26.0 Å². The van der Waals surface area contributed by atoms with Crippen LogP contribution in [0.2, 0.25) is 5.02 Å². The summed E-state index contributed by atoms with van der Waals surface area (Å²) in [5.41, 5.74) is 1.19. The maximum absolute atomic E-state index is 13.5. The molecule has 0 N–H and O–H groups in total. The fourth-order valence-corrected chi connectivity index (χ4v) is 4.71. The summed E-state index contributed by atoms with van der Waals surface area (Å²) in [6.07, 6.45) is 2.52. The van der Waals surface area contributed by atoms with Gasteiger partial charge in [-0.2, -0.15) is 4.98 Å². The van der Waals surface area contributed by atoms with Gasteiger partial charge in [0.2, 0.25) is 24.4 Å². The van der Waals surface area contributed by atoms with E-state index in [1.165, 1.54) is 0 Å². The molecule has 3 aromatic rings. The Kier molecular flexibility index (Phi) is 6.82. The SMILES string of the molecule is CC(C)N(CC(=O)N1CCCCC1c1nc(-c2cccc(Cl)c2)no1)C(=O)c1ccc2c(c1)OCO2. The molecule has 188 valence electrons. The lowest BCUT2D eigenvalue weighted by molar-refractivity contribution is -0.136. The molecule has 0 bridgehead atoms. The van der Waals surface area contributed by atoms with E-state index in [1.54, 1.807) is 40.1 Å². The molecule has 0 aliphatic carbocycles. The molecule has 3 heterocycles. The van der Waals surface area contributed by atoms with Gasteiger partial charge in [-0.25, -0.2) is 0 Å². The van der Waals surface area contributed by atoms with Gasteiger partial charge < -0.3 is 23.8 Å². The van der Waals surface area contributed by atoms with Crippen LogP contribution in [0.25, 0.3) is 11.4 Å². The molecule has 5 rings (SSSR count). The Morgan fingerprint density at radius 2 is 1.97 bits per heavy atom. The number of benzene rings is 2. The maximum Gasteiger partial charge on any atom is 0.254 e. The van der Waals surface area contributed by atoms with Crippen molar-refractivity contribution in [3.8, 4) is 22.9 Å². The zero-order valence-corrected chi connectivity index (χ0v) is 20.9. The fraction of sp³-hybridized carbons (Fsp3) is 0.385. The molecule has 1 aromatic heterocycles. The van der Waals surface area contributed by atoms with Crippen molar-refractivity contribution in [1.82, 2.24) is 19.9 Å². The van der Waals surface area contributed by atoms with Gasteiger partial charge in [0, 0.05) is 28.7 Å². The van der Waals surface area contributed by atoms with Gasteiger partial charge in [-0.15, -0.1) is 0 Å². The summed E-state index contributed by atoms with van der Waals surface area (Å²) < 4.78 is 16.3. The third-order valence-electron chi connectivity index (χ3n) is 6.44. The second kappa shape index (κ2) is 10.2. The summed E-state index contributed by atoms with van der Waals surface area (Å²) in [5, 5.41) is 4.69. The Balaban J connectivity index is 1.34. The molecule has 9 nitrogen and oxygen atoms in total. The van der Waals surface area contributed by atoms with Gasteiger partial charge in [0.1, 0.15) is 12.6 Å². The van der Waals surface area contributed by atoms with E-state index in [4.69, 9.17) is 25.6 Å². The molecule has 2 aliphatic heterocycles. The van der Waals surface area contributed by atoms with Crippen LogP contribution >= 0.6 is 11.6 Å². The highest BCUT2D eigenvalue weighted by Gasteiger charge is 2.34. The molecule has 36 heavy (non-hydrogen) atoms. The standard InChI is InChI=1S/C26H27ClN4O5/c1-16(2)31(26(33)18-9-10-21-22(13-18)35-15-34-21)14-23(32)30-11-4-3-8-20(30)25-28-24(29-36-25)17-6-5-7-19(27)12-17/h5-7,9-10,12-13,16,20H,3-4,8,11,14-15H2,1-2H3. The number of carbonyl (C=O) groups is 2. The van der Waals surface area contributed by atoms with Crippen LogP contribution in [0.3, 0.4) is 0 Å². The Bertz CT molecular complexity index is 1280. The average Bonchev–Trinajstić information content (AvgIpc) is 3.56. The lowest BCUT2D eigenvalue weighted by Crippen LogP contribution is -2.48. The molecule has 0 radical (unpaired) electrons. The van der Waals surface area contributed by atoms with Crippen molar-refractivity contribution in [3.63, 3.8) is 0 Å². The third-order valence-corrected chi connectivity index (χ3v) is 6.68. The van der Waals surface area contributed by atoms with Gasteiger partial charge in [0.05, 0.1) is 0 Å². The van der Waals surface area contributed by atoms with Crippen LogP contribution in [0.1, 0.15) is 55.4 Å². The molecule has 1 saturated heterocycles. The Labute approximate surface area is 213 Å². The molecular formula is C26H27ClN4O5. The lowest BCUT2D eigenvalue weighted by atomic mass is 10.0. The van der Waals surface area contributed by atoms with E-state index in [9.17, 15) is 9.59 Å². The molecule has 0 spiro atoms. The first kappa shape index (κ1) is 24.1. The zero-order chi connectivity index (χ0) is 25.2. The number of likely N-dealkylation sites (tertiary alicyclic amines) is 1. The molecule has 10 heteroatoms. The van der Waals surface area contributed by atoms with Crippen LogP contribution in [0.5, 0.6) is 11.5 Å². The second-order valence-corrected chi connectivity index (χ2v) is 9.60. The van der Waals surface area contributed by atoms with Crippen molar-refractivity contribution >= 4 is 23.4 Å². The predicted molar refractivity (Wildman–Crippen MR) is 132 cm³/mol. The Hall–Kier alpha value is -3.59. The molecule has 2 aliphatic rings. The smallest absolute Gasteiger partial charge is 0.254 e. The number of nitrogens with zero attached hydrogens (tertiary/aromatic N) is 4. The van der Waals surface area contributed by atoms with Crippen molar-refractivity contribution in [2.75, 3.05) is 19.9 Å². The normalized spacial score (nSPS) is 16.9. The van der Waals surface area contributed by atoms with E-state index >= 15 is 0 Å². The minimum absolute atomic E-state index is 0.0588. The molecular weight excluding hydrogens is 484 g/mol. The summed E-state index contributed by atoms with van der Waals surface area (Å²) in [4.78, 5) is 34.8. The predicted octanol–water partition coefficient (Wildman–Crippen LogP) is 4.72. The molecule has 0 saturated carbocycles. The number of amides is 2. The fourth-order valence-electron chi connectivity index (χ4n) is 4.52. The summed E-state index contributed by atoms with van der Waals surface area (Å²) in [7, 11) is 0. The van der Waals surface area contributed by atoms with Crippen LogP contribution in [0, 0.1) is 0 Å². The van der Waals surface area contributed by atoms with Gasteiger partial charge in [0.25, 0.3) is 5.91 Å². The molecule has 1 unspecified atom stereocenters. The lowest BCUT2D eigenvalue weighted by Gasteiger charge is -2.36. The monoisotopic (exact) mass is 510 g/mol. The van der Waals surface area contributed by atoms with Gasteiger partial charge in [-0.1, -0.05) is 28.9 Å². The number of aromatic nitrogens is 2. The summed E-state index contributed by atoms with van der Waals surface area (Å²) in [6.45, 7) is 4.41. The van der Waals surface area contributed by atoms with Crippen molar-refractivity contribution in [2.24, 2.45) is 0 Å². The van der Waals surface area contributed by atoms with Crippen LogP contribution in [-0.4, -0.2) is 57.7 Å². The topological polar surface area (TPSA) is 98.0 Å². The summed E-state index contributed by atoms with van der Waals surface area (Å²) >= 11 is 6.10. The van der Waals surface area contributed by atoms with Crippen molar-refractivity contribution in [3.05, 3.63) is 58.9 Å². The third kappa shape index (κ3) is 4.88. The minimum atomic E-state index is -0.346.